The zero-order valence-electron chi connectivity index (χ0n) is 19.1. The summed E-state index contributed by atoms with van der Waals surface area (Å²) >= 11 is 0. The molecule has 2 heterocycles. The highest BCUT2D eigenvalue weighted by molar-refractivity contribution is 5.94. The minimum Gasteiger partial charge on any atom is -0.314 e. The van der Waals surface area contributed by atoms with Gasteiger partial charge in [-0.05, 0) is 40.7 Å². The number of hydrogen-bond donors (Lipinski definition) is 0. The summed E-state index contributed by atoms with van der Waals surface area (Å²) in [4.78, 5) is 25.8. The zero-order chi connectivity index (χ0) is 22.5. The van der Waals surface area contributed by atoms with E-state index in [1.165, 1.54) is 22.7 Å². The lowest BCUT2D eigenvalue weighted by Gasteiger charge is -2.19. The van der Waals surface area contributed by atoms with Crippen molar-refractivity contribution in [2.45, 2.75) is 39.5 Å². The van der Waals surface area contributed by atoms with Gasteiger partial charge in [-0.1, -0.05) is 64.1 Å². The van der Waals surface area contributed by atoms with E-state index in [2.05, 4.69) is 76.2 Å². The minimum atomic E-state index is -0.328. The van der Waals surface area contributed by atoms with Crippen LogP contribution >= 0.6 is 0 Å². The normalized spacial score (nSPS) is 11.9. The Morgan fingerprint density at radius 2 is 1.45 bits per heavy atom. The van der Waals surface area contributed by atoms with E-state index in [-0.39, 0.29) is 16.7 Å². The van der Waals surface area contributed by atoms with Crippen molar-refractivity contribution >= 4 is 10.9 Å². The molecule has 5 nitrogen and oxygen atoms in total. The molecule has 0 bridgehead atoms. The molecule has 2 aromatic carbocycles. The van der Waals surface area contributed by atoms with Crippen LogP contribution in [0.3, 0.4) is 0 Å². The van der Waals surface area contributed by atoms with Crippen LogP contribution in [0, 0.1) is 0 Å². The van der Waals surface area contributed by atoms with Gasteiger partial charge in [0.1, 0.15) is 0 Å². The number of aromatic nitrogens is 3. The number of fused-ring (bicyclic) bond motifs is 1. The van der Waals surface area contributed by atoms with Crippen LogP contribution in [-0.4, -0.2) is 13.7 Å². The summed E-state index contributed by atoms with van der Waals surface area (Å²) in [6.07, 6.45) is 2.86. The molecular formula is C26H29N3O2. The number of hydrogen-bond acceptors (Lipinski definition) is 2. The van der Waals surface area contributed by atoms with Crippen LogP contribution in [0.5, 0.6) is 0 Å². The minimum absolute atomic E-state index is 0.0403. The van der Waals surface area contributed by atoms with Gasteiger partial charge in [-0.3, -0.25) is 13.9 Å². The largest absolute Gasteiger partial charge is 0.330 e. The molecule has 0 amide bonds. The molecule has 0 atom stereocenters. The number of benzene rings is 2. The first-order valence-electron chi connectivity index (χ1n) is 10.6. The summed E-state index contributed by atoms with van der Waals surface area (Å²) < 4.78 is 4.75. The summed E-state index contributed by atoms with van der Waals surface area (Å²) in [7, 11) is 3.24. The molecule has 0 saturated heterocycles. The van der Waals surface area contributed by atoms with Crippen LogP contribution in [0.2, 0.25) is 0 Å². The van der Waals surface area contributed by atoms with E-state index in [0.29, 0.717) is 10.9 Å². The summed E-state index contributed by atoms with van der Waals surface area (Å²) in [5, 5.41) is 0.549. The first kappa shape index (κ1) is 20.9. The maximum atomic E-state index is 13.2. The van der Waals surface area contributed by atoms with Crippen LogP contribution in [0.4, 0.5) is 0 Å². The molecule has 0 saturated carbocycles. The van der Waals surface area contributed by atoms with E-state index in [0.717, 1.165) is 23.4 Å². The van der Waals surface area contributed by atoms with Crippen molar-refractivity contribution in [2.24, 2.45) is 14.1 Å². The van der Waals surface area contributed by atoms with Crippen LogP contribution < -0.4 is 11.2 Å². The highest BCUT2D eigenvalue weighted by Crippen LogP contribution is 2.32. The maximum Gasteiger partial charge on any atom is 0.330 e. The second kappa shape index (κ2) is 7.41. The lowest BCUT2D eigenvalue weighted by molar-refractivity contribution is 0.590. The smallest absolute Gasteiger partial charge is 0.314 e. The summed E-state index contributed by atoms with van der Waals surface area (Å²) in [6.45, 7) is 8.67. The molecular weight excluding hydrogens is 386 g/mol. The topological polar surface area (TPSA) is 48.9 Å². The van der Waals surface area contributed by atoms with E-state index in [9.17, 15) is 9.59 Å². The van der Waals surface area contributed by atoms with E-state index < -0.39 is 0 Å². The first-order chi connectivity index (χ1) is 14.6. The molecule has 0 N–H and O–H groups in total. The highest BCUT2D eigenvalue weighted by Gasteiger charge is 2.21. The Balaban J connectivity index is 2.07. The summed E-state index contributed by atoms with van der Waals surface area (Å²) in [5.74, 6) is 0. The molecule has 5 heteroatoms. The Morgan fingerprint density at radius 3 is 2.00 bits per heavy atom. The summed E-state index contributed by atoms with van der Waals surface area (Å²) in [5.41, 5.74) is 5.24. The van der Waals surface area contributed by atoms with Crippen molar-refractivity contribution in [1.82, 2.24) is 13.7 Å². The third-order valence-corrected chi connectivity index (χ3v) is 6.09. The van der Waals surface area contributed by atoms with Gasteiger partial charge < -0.3 is 4.57 Å². The van der Waals surface area contributed by atoms with E-state index in [4.69, 9.17) is 0 Å². The Labute approximate surface area is 182 Å². The lowest BCUT2D eigenvalue weighted by Crippen LogP contribution is -2.36. The monoisotopic (exact) mass is 415 g/mol. The standard InChI is InChI=1S/C26H29N3O2/c1-7-17-8-14-20(15-9-17)29-16-21-22(24(30)28(6)25(31)27(21)5)23(29)18-10-12-19(13-11-18)26(2,3)4/h8-16H,7H2,1-6H3. The van der Waals surface area contributed by atoms with Crippen molar-refractivity contribution in [1.29, 1.82) is 0 Å². The van der Waals surface area contributed by atoms with Gasteiger partial charge in [-0.25, -0.2) is 4.79 Å². The fourth-order valence-electron chi connectivity index (χ4n) is 4.05. The van der Waals surface area contributed by atoms with Gasteiger partial charge in [-0.2, -0.15) is 0 Å². The number of nitrogens with zero attached hydrogens (tertiary/aromatic N) is 3. The predicted molar refractivity (Wildman–Crippen MR) is 127 cm³/mol. The SMILES string of the molecule is CCc1ccc(-n2cc3c(c2-c2ccc(C(C)(C)C)cc2)c(=O)n(C)c(=O)n3C)cc1. The quantitative estimate of drug-likeness (QED) is 0.493. The predicted octanol–water partition coefficient (Wildman–Crippen LogP) is 4.55. The number of aryl methyl sites for hydroxylation is 2. The van der Waals surface area contributed by atoms with Crippen molar-refractivity contribution in [2.75, 3.05) is 0 Å². The van der Waals surface area contributed by atoms with Gasteiger partial charge >= 0.3 is 5.69 Å². The molecule has 160 valence electrons. The molecule has 0 aliphatic rings. The highest BCUT2D eigenvalue weighted by atomic mass is 16.2. The third-order valence-electron chi connectivity index (χ3n) is 6.09. The Hall–Kier alpha value is -3.34. The molecule has 0 aliphatic carbocycles. The second-order valence-corrected chi connectivity index (χ2v) is 9.16. The van der Waals surface area contributed by atoms with Gasteiger partial charge in [0, 0.05) is 26.0 Å². The Morgan fingerprint density at radius 1 is 0.839 bits per heavy atom. The van der Waals surface area contributed by atoms with Crippen molar-refractivity contribution in [3.05, 3.63) is 86.7 Å². The third kappa shape index (κ3) is 3.44. The van der Waals surface area contributed by atoms with E-state index >= 15 is 0 Å². The zero-order valence-corrected chi connectivity index (χ0v) is 19.1. The summed E-state index contributed by atoms with van der Waals surface area (Å²) in [6, 6.07) is 16.7. The van der Waals surface area contributed by atoms with Crippen LogP contribution in [0.25, 0.3) is 27.8 Å². The van der Waals surface area contributed by atoms with Gasteiger partial charge in [0.25, 0.3) is 5.56 Å². The van der Waals surface area contributed by atoms with Crippen molar-refractivity contribution in [3.8, 4) is 16.9 Å². The van der Waals surface area contributed by atoms with Crippen molar-refractivity contribution < 1.29 is 0 Å². The van der Waals surface area contributed by atoms with Crippen molar-refractivity contribution in [3.63, 3.8) is 0 Å². The molecule has 0 spiro atoms. The second-order valence-electron chi connectivity index (χ2n) is 9.16. The van der Waals surface area contributed by atoms with Gasteiger partial charge in [-0.15, -0.1) is 0 Å². The first-order valence-corrected chi connectivity index (χ1v) is 10.6. The lowest BCUT2D eigenvalue weighted by atomic mass is 9.86. The average molecular weight is 416 g/mol. The van der Waals surface area contributed by atoms with E-state index in [1.54, 1.807) is 11.6 Å². The molecule has 0 aliphatic heterocycles. The molecule has 0 unspecified atom stereocenters. The molecule has 4 aromatic rings. The van der Waals surface area contributed by atoms with Gasteiger partial charge in [0.05, 0.1) is 16.6 Å². The molecule has 31 heavy (non-hydrogen) atoms. The van der Waals surface area contributed by atoms with Crippen LogP contribution in [-0.2, 0) is 25.9 Å². The Bertz CT molecular complexity index is 1380. The fraction of sp³-hybridized carbons (Fsp3) is 0.308. The molecule has 2 aromatic heterocycles. The average Bonchev–Trinajstić information content (AvgIpc) is 3.16. The van der Waals surface area contributed by atoms with E-state index in [1.807, 2.05) is 10.8 Å². The Kier molecular flexibility index (Phi) is 5.00. The number of rotatable bonds is 3. The molecule has 0 fully saturated rings. The maximum absolute atomic E-state index is 13.2. The van der Waals surface area contributed by atoms with Gasteiger partial charge in [0.2, 0.25) is 0 Å². The fourth-order valence-corrected chi connectivity index (χ4v) is 4.05. The van der Waals surface area contributed by atoms with Crippen LogP contribution in [0.15, 0.2) is 64.3 Å². The van der Waals surface area contributed by atoms with Gasteiger partial charge in [0.15, 0.2) is 0 Å². The molecule has 4 rings (SSSR count). The molecule has 0 radical (unpaired) electrons. The van der Waals surface area contributed by atoms with Crippen LogP contribution in [0.1, 0.15) is 38.8 Å².